The van der Waals surface area contributed by atoms with Gasteiger partial charge in [0.1, 0.15) is 0 Å². The van der Waals surface area contributed by atoms with Crippen molar-refractivity contribution >= 4 is 27.5 Å². The van der Waals surface area contributed by atoms with Crippen molar-refractivity contribution in [3.63, 3.8) is 0 Å². The first-order valence-corrected chi connectivity index (χ1v) is 11.0. The van der Waals surface area contributed by atoms with Crippen LogP contribution in [0.25, 0.3) is 10.2 Å². The largest absolute Gasteiger partial charge is 0.352 e. The van der Waals surface area contributed by atoms with Gasteiger partial charge in [0.05, 0.1) is 21.8 Å². The third-order valence-corrected chi connectivity index (χ3v) is 7.03. The normalized spacial score (nSPS) is 20.9. The number of nitrogens with zero attached hydrogens (tertiary/aromatic N) is 2. The smallest absolute Gasteiger partial charge is 0.234 e. The van der Waals surface area contributed by atoms with Crippen molar-refractivity contribution in [2.75, 3.05) is 19.6 Å². The minimum Gasteiger partial charge on any atom is -0.352 e. The summed E-state index contributed by atoms with van der Waals surface area (Å²) in [5, 5.41) is 4.55. The molecule has 1 amide bonds. The van der Waals surface area contributed by atoms with Gasteiger partial charge in [-0.25, -0.2) is 4.98 Å². The molecule has 26 heavy (non-hydrogen) atoms. The van der Waals surface area contributed by atoms with Gasteiger partial charge in [0, 0.05) is 12.0 Å². The minimum absolute atomic E-state index is 0.218. The summed E-state index contributed by atoms with van der Waals surface area (Å²) in [6.45, 7) is 2.56. The van der Waals surface area contributed by atoms with Crippen LogP contribution in [0.2, 0.25) is 0 Å². The van der Waals surface area contributed by atoms with Gasteiger partial charge in [0.2, 0.25) is 5.91 Å². The number of likely N-dealkylation sites (tertiary alicyclic amines) is 1. The molecule has 1 aromatic heterocycles. The molecule has 0 spiro atoms. The van der Waals surface area contributed by atoms with E-state index in [0.717, 1.165) is 44.3 Å². The zero-order chi connectivity index (χ0) is 17.8. The zero-order valence-corrected chi connectivity index (χ0v) is 16.3. The highest BCUT2D eigenvalue weighted by atomic mass is 32.1. The molecule has 1 saturated carbocycles. The molecule has 0 radical (unpaired) electrons. The van der Waals surface area contributed by atoms with Gasteiger partial charge in [-0.2, -0.15) is 0 Å². The number of aromatic nitrogens is 1. The standard InChI is InChI=1S/C21H29N3OS/c25-20(22-17-7-3-1-2-4-8-17)15-24-13-11-16(12-14-24)21-23-18-9-5-6-10-19(18)26-21/h5-6,9-10,16-17H,1-4,7-8,11-15H2,(H,22,25). The number of hydrogen-bond donors (Lipinski definition) is 1. The Kier molecular flexibility index (Phi) is 5.85. The average molecular weight is 372 g/mol. The Morgan fingerprint density at radius 3 is 2.54 bits per heavy atom. The molecule has 2 heterocycles. The number of para-hydroxylation sites is 1. The maximum atomic E-state index is 12.4. The average Bonchev–Trinajstić information content (AvgIpc) is 2.93. The Morgan fingerprint density at radius 2 is 1.81 bits per heavy atom. The number of fused-ring (bicyclic) bond motifs is 1. The Balaban J connectivity index is 1.26. The summed E-state index contributed by atoms with van der Waals surface area (Å²) in [7, 11) is 0. The van der Waals surface area contributed by atoms with Crippen molar-refractivity contribution in [3.8, 4) is 0 Å². The molecule has 0 unspecified atom stereocenters. The van der Waals surface area contributed by atoms with Crippen molar-refractivity contribution in [2.24, 2.45) is 0 Å². The van der Waals surface area contributed by atoms with Gasteiger partial charge >= 0.3 is 0 Å². The number of thiazole rings is 1. The molecule has 1 N–H and O–H groups in total. The molecule has 5 heteroatoms. The SMILES string of the molecule is O=C(CN1CCC(c2nc3ccccc3s2)CC1)NC1CCCCCC1. The highest BCUT2D eigenvalue weighted by Gasteiger charge is 2.25. The molecule has 2 fully saturated rings. The second-order valence-corrected chi connectivity index (χ2v) is 8.89. The number of piperidine rings is 1. The van der Waals surface area contributed by atoms with Crippen LogP contribution < -0.4 is 5.32 Å². The van der Waals surface area contributed by atoms with E-state index in [2.05, 4.69) is 34.5 Å². The predicted molar refractivity (Wildman–Crippen MR) is 108 cm³/mol. The molecule has 0 bridgehead atoms. The summed E-state index contributed by atoms with van der Waals surface area (Å²) in [4.78, 5) is 19.5. The topological polar surface area (TPSA) is 45.2 Å². The van der Waals surface area contributed by atoms with E-state index in [9.17, 15) is 4.79 Å². The molecule has 1 aliphatic carbocycles. The lowest BCUT2D eigenvalue weighted by Crippen LogP contribution is -2.44. The molecule has 2 aliphatic rings. The van der Waals surface area contributed by atoms with Gasteiger partial charge < -0.3 is 5.32 Å². The van der Waals surface area contributed by atoms with Crippen LogP contribution in [-0.4, -0.2) is 41.5 Å². The maximum Gasteiger partial charge on any atom is 0.234 e. The van der Waals surface area contributed by atoms with E-state index in [4.69, 9.17) is 4.98 Å². The van der Waals surface area contributed by atoms with E-state index >= 15 is 0 Å². The second kappa shape index (κ2) is 8.49. The molecule has 1 aliphatic heterocycles. The van der Waals surface area contributed by atoms with E-state index in [1.807, 2.05) is 11.3 Å². The van der Waals surface area contributed by atoms with Crippen LogP contribution in [-0.2, 0) is 4.79 Å². The molecule has 1 saturated heterocycles. The lowest BCUT2D eigenvalue weighted by Gasteiger charge is -2.31. The van der Waals surface area contributed by atoms with Gasteiger partial charge in [0.15, 0.2) is 0 Å². The van der Waals surface area contributed by atoms with E-state index in [0.29, 0.717) is 18.5 Å². The van der Waals surface area contributed by atoms with Crippen molar-refractivity contribution < 1.29 is 4.79 Å². The monoisotopic (exact) mass is 371 g/mol. The molecule has 4 rings (SSSR count). The number of hydrogen-bond acceptors (Lipinski definition) is 4. The summed E-state index contributed by atoms with van der Waals surface area (Å²) in [5.41, 5.74) is 1.12. The fraction of sp³-hybridized carbons (Fsp3) is 0.619. The van der Waals surface area contributed by atoms with Crippen molar-refractivity contribution in [3.05, 3.63) is 29.3 Å². The maximum absolute atomic E-state index is 12.4. The zero-order valence-electron chi connectivity index (χ0n) is 15.5. The highest BCUT2D eigenvalue weighted by Crippen LogP contribution is 2.33. The first-order chi connectivity index (χ1) is 12.8. The molecule has 1 aromatic carbocycles. The molecular formula is C21H29N3OS. The molecular weight excluding hydrogens is 342 g/mol. The fourth-order valence-electron chi connectivity index (χ4n) is 4.30. The lowest BCUT2D eigenvalue weighted by atomic mass is 9.97. The van der Waals surface area contributed by atoms with Crippen LogP contribution in [0.1, 0.15) is 62.3 Å². The summed E-state index contributed by atoms with van der Waals surface area (Å²) >= 11 is 1.84. The van der Waals surface area contributed by atoms with Crippen molar-refractivity contribution in [1.82, 2.24) is 15.2 Å². The van der Waals surface area contributed by atoms with Gasteiger partial charge in [0.25, 0.3) is 0 Å². The third-order valence-electron chi connectivity index (χ3n) is 5.83. The first-order valence-electron chi connectivity index (χ1n) is 10.1. The molecule has 2 aromatic rings. The Bertz CT molecular complexity index is 695. The number of carbonyl (C=O) groups is 1. The van der Waals surface area contributed by atoms with Crippen LogP contribution in [0.4, 0.5) is 0 Å². The fourth-order valence-corrected chi connectivity index (χ4v) is 5.44. The molecule has 140 valence electrons. The first kappa shape index (κ1) is 17.9. The molecule has 0 atom stereocenters. The molecule has 4 nitrogen and oxygen atoms in total. The third kappa shape index (κ3) is 4.44. The van der Waals surface area contributed by atoms with Crippen LogP contribution in [0.5, 0.6) is 0 Å². The predicted octanol–water partition coefficient (Wildman–Crippen LogP) is 4.31. The minimum atomic E-state index is 0.218. The number of carbonyl (C=O) groups excluding carboxylic acids is 1. The summed E-state index contributed by atoms with van der Waals surface area (Å²) < 4.78 is 1.28. The van der Waals surface area contributed by atoms with Gasteiger partial charge in [-0.15, -0.1) is 11.3 Å². The van der Waals surface area contributed by atoms with E-state index in [1.54, 1.807) is 0 Å². The van der Waals surface area contributed by atoms with Crippen LogP contribution in [0.15, 0.2) is 24.3 Å². The highest BCUT2D eigenvalue weighted by molar-refractivity contribution is 7.18. The number of rotatable bonds is 4. The van der Waals surface area contributed by atoms with Gasteiger partial charge in [-0.1, -0.05) is 37.8 Å². The summed E-state index contributed by atoms with van der Waals surface area (Å²) in [6, 6.07) is 8.80. The quantitative estimate of drug-likeness (QED) is 0.815. The number of nitrogens with one attached hydrogen (secondary N) is 1. The number of amides is 1. The Hall–Kier alpha value is -1.46. The Morgan fingerprint density at radius 1 is 1.08 bits per heavy atom. The van der Waals surface area contributed by atoms with E-state index in [-0.39, 0.29) is 5.91 Å². The van der Waals surface area contributed by atoms with Crippen LogP contribution in [0, 0.1) is 0 Å². The number of benzene rings is 1. The second-order valence-electron chi connectivity index (χ2n) is 7.83. The lowest BCUT2D eigenvalue weighted by molar-refractivity contribution is -0.123. The van der Waals surface area contributed by atoms with E-state index in [1.165, 1.54) is 35.4 Å². The van der Waals surface area contributed by atoms with Gasteiger partial charge in [-0.3, -0.25) is 9.69 Å². The summed E-state index contributed by atoms with van der Waals surface area (Å²) in [6.07, 6.45) is 9.71. The van der Waals surface area contributed by atoms with Crippen LogP contribution >= 0.6 is 11.3 Å². The van der Waals surface area contributed by atoms with E-state index < -0.39 is 0 Å². The summed E-state index contributed by atoms with van der Waals surface area (Å²) in [5.74, 6) is 0.768. The van der Waals surface area contributed by atoms with Crippen LogP contribution in [0.3, 0.4) is 0 Å². The van der Waals surface area contributed by atoms with Crippen molar-refractivity contribution in [2.45, 2.75) is 63.3 Å². The van der Waals surface area contributed by atoms with Gasteiger partial charge in [-0.05, 0) is 50.9 Å². The van der Waals surface area contributed by atoms with Crippen molar-refractivity contribution in [1.29, 1.82) is 0 Å². The Labute approximate surface area is 160 Å².